The van der Waals surface area contributed by atoms with Crippen molar-refractivity contribution in [1.82, 2.24) is 5.43 Å². The van der Waals surface area contributed by atoms with Gasteiger partial charge in [0.15, 0.2) is 0 Å². The Kier molecular flexibility index (Phi) is 4.38. The fourth-order valence-electron chi connectivity index (χ4n) is 0.980. The van der Waals surface area contributed by atoms with Crippen LogP contribution in [-0.2, 0) is 0 Å². The highest BCUT2D eigenvalue weighted by atomic mass is 79.9. The van der Waals surface area contributed by atoms with Crippen LogP contribution in [0.4, 0.5) is 0 Å². The van der Waals surface area contributed by atoms with Gasteiger partial charge >= 0.3 is 0 Å². The van der Waals surface area contributed by atoms with Crippen LogP contribution in [-0.4, -0.2) is 16.9 Å². The Balaban J connectivity index is 2.89. The number of nitrogens with one attached hydrogen (secondary N) is 1. The minimum absolute atomic E-state index is 0.0879. The Hall–Kier alpha value is -0.550. The van der Waals surface area contributed by atoms with Gasteiger partial charge in [-0.2, -0.15) is 5.10 Å². The molecule has 0 saturated heterocycles. The van der Waals surface area contributed by atoms with Gasteiger partial charge in [-0.1, -0.05) is 15.9 Å². The van der Waals surface area contributed by atoms with Crippen LogP contribution < -0.4 is 5.43 Å². The molecule has 1 rings (SSSR count). The second kappa shape index (κ2) is 5.19. The van der Waals surface area contributed by atoms with Gasteiger partial charge in [-0.15, -0.1) is 0 Å². The first-order valence-electron chi connectivity index (χ1n) is 4.78. The van der Waals surface area contributed by atoms with Crippen LogP contribution in [0.3, 0.4) is 0 Å². The lowest BCUT2D eigenvalue weighted by Gasteiger charge is -2.17. The Bertz CT molecular complexity index is 411. The Morgan fingerprint density at radius 1 is 1.31 bits per heavy atom. The van der Waals surface area contributed by atoms with E-state index < -0.39 is 0 Å². The van der Waals surface area contributed by atoms with Gasteiger partial charge in [-0.3, -0.25) is 0 Å². The lowest BCUT2D eigenvalue weighted by atomic mass is 10.1. The lowest BCUT2D eigenvalue weighted by molar-refractivity contribution is 0.441. The lowest BCUT2D eigenvalue weighted by Crippen LogP contribution is -2.31. The number of nitrogens with zero attached hydrogens (tertiary/aromatic N) is 1. The van der Waals surface area contributed by atoms with Crippen LogP contribution in [0.5, 0.6) is 5.75 Å². The average molecular weight is 350 g/mol. The van der Waals surface area contributed by atoms with E-state index in [1.54, 1.807) is 18.3 Å². The maximum Gasteiger partial charge on any atom is 0.138 e. The fraction of sp³-hybridized carbons (Fsp3) is 0.364. The normalized spacial score (nSPS) is 12.1. The van der Waals surface area contributed by atoms with Gasteiger partial charge in [0.25, 0.3) is 0 Å². The third-order valence-electron chi connectivity index (χ3n) is 1.66. The van der Waals surface area contributed by atoms with Gasteiger partial charge in [0.05, 0.1) is 10.7 Å². The minimum Gasteiger partial charge on any atom is -0.506 e. The number of halogens is 2. The minimum atomic E-state index is -0.0879. The van der Waals surface area contributed by atoms with E-state index in [4.69, 9.17) is 0 Å². The summed E-state index contributed by atoms with van der Waals surface area (Å²) in [5.41, 5.74) is 3.53. The first kappa shape index (κ1) is 13.5. The summed E-state index contributed by atoms with van der Waals surface area (Å²) in [5, 5.41) is 13.8. The van der Waals surface area contributed by atoms with Gasteiger partial charge in [0, 0.05) is 15.6 Å². The highest BCUT2D eigenvalue weighted by Gasteiger charge is 2.08. The molecule has 0 spiro atoms. The summed E-state index contributed by atoms with van der Waals surface area (Å²) in [7, 11) is 0. The van der Waals surface area contributed by atoms with Crippen molar-refractivity contribution in [2.75, 3.05) is 0 Å². The van der Waals surface area contributed by atoms with E-state index in [2.05, 4.69) is 42.4 Å². The van der Waals surface area contributed by atoms with Crippen molar-refractivity contribution in [3.63, 3.8) is 0 Å². The molecule has 0 aliphatic rings. The van der Waals surface area contributed by atoms with E-state index in [0.29, 0.717) is 10.0 Å². The zero-order chi connectivity index (χ0) is 12.3. The van der Waals surface area contributed by atoms with Crippen molar-refractivity contribution in [2.45, 2.75) is 26.3 Å². The predicted octanol–water partition coefficient (Wildman–Crippen LogP) is 3.64. The molecule has 5 heteroatoms. The zero-order valence-corrected chi connectivity index (χ0v) is 12.6. The number of rotatable bonds is 2. The summed E-state index contributed by atoms with van der Waals surface area (Å²) in [6.45, 7) is 6.04. The molecule has 2 N–H and O–H groups in total. The summed E-state index contributed by atoms with van der Waals surface area (Å²) in [6, 6.07) is 3.58. The number of benzene rings is 1. The first-order chi connectivity index (χ1) is 7.29. The van der Waals surface area contributed by atoms with Crippen molar-refractivity contribution in [2.24, 2.45) is 5.10 Å². The molecular formula is C11H14Br2N2O. The molecule has 88 valence electrons. The smallest absolute Gasteiger partial charge is 0.138 e. The van der Waals surface area contributed by atoms with E-state index in [1.807, 2.05) is 20.8 Å². The number of phenols is 1. The van der Waals surface area contributed by atoms with Gasteiger partial charge < -0.3 is 10.5 Å². The first-order valence-corrected chi connectivity index (χ1v) is 6.36. The standard InChI is InChI=1S/C11H14Br2N2O/c1-11(2,3)15-14-6-7-4-8(12)5-9(13)10(7)16/h4-6,15-16H,1-3H3/b14-6+. The summed E-state index contributed by atoms with van der Waals surface area (Å²) in [6.07, 6.45) is 1.59. The average Bonchev–Trinajstić information content (AvgIpc) is 2.11. The quantitative estimate of drug-likeness (QED) is 0.632. The number of hydrogen-bond acceptors (Lipinski definition) is 3. The van der Waals surface area contributed by atoms with Crippen molar-refractivity contribution < 1.29 is 5.11 Å². The molecule has 0 aliphatic carbocycles. The summed E-state index contributed by atoms with van der Waals surface area (Å²) in [5.74, 6) is 0.183. The molecule has 0 bridgehead atoms. The second-order valence-corrected chi connectivity index (χ2v) is 6.22. The predicted molar refractivity (Wildman–Crippen MR) is 74.0 cm³/mol. The molecule has 0 aromatic heterocycles. The molecule has 1 aromatic carbocycles. The van der Waals surface area contributed by atoms with Gasteiger partial charge in [-0.25, -0.2) is 0 Å². The molecule has 16 heavy (non-hydrogen) atoms. The van der Waals surface area contributed by atoms with E-state index in [1.165, 1.54) is 0 Å². The summed E-state index contributed by atoms with van der Waals surface area (Å²) < 4.78 is 1.52. The fourth-order valence-corrected chi connectivity index (χ4v) is 2.24. The number of hydrogen-bond donors (Lipinski definition) is 2. The maximum atomic E-state index is 9.76. The van der Waals surface area contributed by atoms with E-state index >= 15 is 0 Å². The van der Waals surface area contributed by atoms with Crippen LogP contribution >= 0.6 is 31.9 Å². The number of aromatic hydroxyl groups is 1. The highest BCUT2D eigenvalue weighted by molar-refractivity contribution is 9.11. The van der Waals surface area contributed by atoms with E-state index in [0.717, 1.165) is 4.47 Å². The Morgan fingerprint density at radius 3 is 2.50 bits per heavy atom. The van der Waals surface area contributed by atoms with E-state index in [9.17, 15) is 5.11 Å². The molecule has 0 atom stereocenters. The molecule has 0 fully saturated rings. The topological polar surface area (TPSA) is 44.6 Å². The van der Waals surface area contributed by atoms with Crippen LogP contribution in [0.15, 0.2) is 26.2 Å². The highest BCUT2D eigenvalue weighted by Crippen LogP contribution is 2.30. The van der Waals surface area contributed by atoms with Crippen LogP contribution in [0.1, 0.15) is 26.3 Å². The Labute approximate surface area is 112 Å². The molecular weight excluding hydrogens is 336 g/mol. The summed E-state index contributed by atoms with van der Waals surface area (Å²) in [4.78, 5) is 0. The number of hydrazone groups is 1. The molecule has 0 unspecified atom stereocenters. The SMILES string of the molecule is CC(C)(C)N/N=C/c1cc(Br)cc(Br)c1O. The van der Waals surface area contributed by atoms with Crippen LogP contribution in [0, 0.1) is 0 Å². The van der Waals surface area contributed by atoms with Crippen molar-refractivity contribution >= 4 is 38.1 Å². The zero-order valence-electron chi connectivity index (χ0n) is 9.38. The largest absolute Gasteiger partial charge is 0.506 e. The molecule has 0 heterocycles. The third-order valence-corrected chi connectivity index (χ3v) is 2.72. The van der Waals surface area contributed by atoms with Crippen LogP contribution in [0.25, 0.3) is 0 Å². The van der Waals surface area contributed by atoms with Crippen molar-refractivity contribution in [1.29, 1.82) is 0 Å². The second-order valence-electron chi connectivity index (χ2n) is 4.45. The van der Waals surface area contributed by atoms with Gasteiger partial charge in [0.2, 0.25) is 0 Å². The Morgan fingerprint density at radius 2 is 1.94 bits per heavy atom. The van der Waals surface area contributed by atoms with Gasteiger partial charge in [0.1, 0.15) is 5.75 Å². The molecule has 0 radical (unpaired) electrons. The number of phenolic OH excluding ortho intramolecular Hbond substituents is 1. The molecule has 0 aliphatic heterocycles. The summed E-state index contributed by atoms with van der Waals surface area (Å²) >= 11 is 6.62. The van der Waals surface area contributed by atoms with Crippen molar-refractivity contribution in [3.8, 4) is 5.75 Å². The third kappa shape index (κ3) is 4.14. The molecule has 3 nitrogen and oxygen atoms in total. The van der Waals surface area contributed by atoms with Crippen LogP contribution in [0.2, 0.25) is 0 Å². The molecule has 1 aromatic rings. The maximum absolute atomic E-state index is 9.76. The van der Waals surface area contributed by atoms with Gasteiger partial charge in [-0.05, 0) is 48.8 Å². The molecule has 0 amide bonds. The van der Waals surface area contributed by atoms with Crippen molar-refractivity contribution in [3.05, 3.63) is 26.6 Å². The van der Waals surface area contributed by atoms with E-state index in [-0.39, 0.29) is 11.3 Å². The monoisotopic (exact) mass is 348 g/mol. The molecule has 0 saturated carbocycles.